The van der Waals surface area contributed by atoms with E-state index in [1.54, 1.807) is 4.90 Å². The molecule has 2 aromatic carbocycles. The van der Waals surface area contributed by atoms with Gasteiger partial charge in [0.15, 0.2) is 11.6 Å². The van der Waals surface area contributed by atoms with Crippen LogP contribution in [0, 0.1) is 17.6 Å². The number of benzene rings is 2. The van der Waals surface area contributed by atoms with E-state index >= 15 is 4.39 Å². The second kappa shape index (κ2) is 12.1. The molecule has 44 heavy (non-hydrogen) atoms. The largest absolute Gasteiger partial charge is 0.454 e. The third kappa shape index (κ3) is 6.36. The topological polar surface area (TPSA) is 128 Å². The molecule has 4 aromatic rings. The molecule has 11 nitrogen and oxygen atoms in total. The maximum absolute atomic E-state index is 15.1. The molecule has 3 heterocycles. The van der Waals surface area contributed by atoms with Crippen LogP contribution in [0.1, 0.15) is 36.0 Å². The van der Waals surface area contributed by atoms with Crippen molar-refractivity contribution in [2.75, 3.05) is 23.7 Å². The van der Waals surface area contributed by atoms with Crippen molar-refractivity contribution in [3.05, 3.63) is 105 Å². The van der Waals surface area contributed by atoms with E-state index in [1.165, 1.54) is 53.4 Å². The Labute approximate surface area is 249 Å². The lowest BCUT2D eigenvalue weighted by Gasteiger charge is -2.16. The highest BCUT2D eigenvalue weighted by atomic mass is 19.1. The van der Waals surface area contributed by atoms with Gasteiger partial charge in [0, 0.05) is 49.8 Å². The number of anilines is 2. The van der Waals surface area contributed by atoms with Crippen molar-refractivity contribution >= 4 is 23.4 Å². The molecule has 2 aromatic heterocycles. The average molecular weight is 603 g/mol. The Bertz CT molecular complexity index is 1850. The molecular formula is C31H28F2N6O5. The molecule has 2 fully saturated rings. The molecule has 226 valence electrons. The minimum Gasteiger partial charge on any atom is -0.454 e. The van der Waals surface area contributed by atoms with Crippen LogP contribution in [0.4, 0.5) is 25.1 Å². The van der Waals surface area contributed by atoms with Crippen LogP contribution in [-0.4, -0.2) is 44.0 Å². The lowest BCUT2D eigenvalue weighted by molar-refractivity contribution is 0.102. The van der Waals surface area contributed by atoms with Crippen LogP contribution in [0.15, 0.2) is 76.6 Å². The number of pyridine rings is 1. The Balaban J connectivity index is 1.20. The van der Waals surface area contributed by atoms with E-state index in [0.717, 1.165) is 48.4 Å². The third-order valence-corrected chi connectivity index (χ3v) is 7.41. The maximum Gasteiger partial charge on any atom is 0.335 e. The molecular weight excluding hydrogens is 574 g/mol. The van der Waals surface area contributed by atoms with Gasteiger partial charge in [-0.05, 0) is 74.1 Å². The van der Waals surface area contributed by atoms with Crippen molar-refractivity contribution in [1.82, 2.24) is 19.0 Å². The van der Waals surface area contributed by atoms with Gasteiger partial charge in [-0.25, -0.2) is 27.9 Å². The Morgan fingerprint density at radius 3 is 2.41 bits per heavy atom. The number of likely N-dealkylation sites (tertiary alicyclic amines) is 1. The van der Waals surface area contributed by atoms with E-state index in [4.69, 9.17) is 4.74 Å². The predicted octanol–water partition coefficient (Wildman–Crippen LogP) is 4.75. The molecule has 0 radical (unpaired) electrons. The lowest BCUT2D eigenvalue weighted by atomic mass is 10.2. The number of hydrogen-bond donors (Lipinski definition) is 2. The molecule has 0 spiro atoms. The molecule has 13 heteroatoms. The molecule has 0 atom stereocenters. The van der Waals surface area contributed by atoms with Crippen LogP contribution in [0.2, 0.25) is 0 Å². The maximum atomic E-state index is 15.1. The SMILES string of the molecule is O=C(Nc1ccc(Oc2ccnc(NC(=O)N3CCCC3)c2)c(F)c1)c1cn(CC2CC2)c(=O)n(-c2ccc(F)cc2)c1=O. The fraction of sp³-hybridized carbons (Fsp3) is 0.258. The minimum absolute atomic E-state index is 0.0424. The van der Waals surface area contributed by atoms with Crippen molar-refractivity contribution in [2.24, 2.45) is 5.92 Å². The summed E-state index contributed by atoms with van der Waals surface area (Å²) >= 11 is 0. The highest BCUT2D eigenvalue weighted by molar-refractivity contribution is 6.03. The molecule has 6 rings (SSSR count). The smallest absolute Gasteiger partial charge is 0.335 e. The Morgan fingerprint density at radius 2 is 1.70 bits per heavy atom. The fourth-order valence-corrected chi connectivity index (χ4v) is 4.92. The standard InChI is InChI=1S/C31H28F2N6O5/c32-20-5-8-22(9-6-20)39-29(41)24(18-38(31(39)43)17-19-3-4-19)28(40)35-21-7-10-26(25(33)15-21)44-23-11-12-34-27(16-23)36-30(42)37-13-1-2-14-37/h5-12,15-16,18-19H,1-4,13-14,17H2,(H,35,40)(H,34,36,42). The van der Waals surface area contributed by atoms with Gasteiger partial charge in [0.2, 0.25) is 0 Å². The number of halogens is 2. The third-order valence-electron chi connectivity index (χ3n) is 7.41. The Hall–Kier alpha value is -5.33. The normalized spacial score (nSPS) is 14.4. The number of amides is 3. The molecule has 0 bridgehead atoms. The lowest BCUT2D eigenvalue weighted by Crippen LogP contribution is -2.42. The first kappa shape index (κ1) is 28.8. The van der Waals surface area contributed by atoms with Gasteiger partial charge in [-0.3, -0.25) is 19.5 Å². The van der Waals surface area contributed by atoms with Crippen molar-refractivity contribution in [2.45, 2.75) is 32.2 Å². The second-order valence-electron chi connectivity index (χ2n) is 10.7. The summed E-state index contributed by atoms with van der Waals surface area (Å²) in [5.74, 6) is -1.62. The van der Waals surface area contributed by atoms with Gasteiger partial charge < -0.3 is 15.0 Å². The van der Waals surface area contributed by atoms with E-state index in [1.807, 2.05) is 0 Å². The summed E-state index contributed by atoms with van der Waals surface area (Å²) < 4.78 is 36.4. The van der Waals surface area contributed by atoms with Crippen LogP contribution in [0.3, 0.4) is 0 Å². The molecule has 1 saturated carbocycles. The number of ether oxygens (including phenoxy) is 1. The molecule has 1 aliphatic carbocycles. The number of aromatic nitrogens is 3. The van der Waals surface area contributed by atoms with Crippen molar-refractivity contribution in [1.29, 1.82) is 0 Å². The Kier molecular flexibility index (Phi) is 7.92. The molecule has 1 saturated heterocycles. The number of rotatable bonds is 8. The van der Waals surface area contributed by atoms with Crippen LogP contribution < -0.4 is 26.6 Å². The van der Waals surface area contributed by atoms with Crippen LogP contribution in [0.25, 0.3) is 5.69 Å². The zero-order chi connectivity index (χ0) is 30.8. The van der Waals surface area contributed by atoms with Gasteiger partial charge in [0.1, 0.15) is 22.9 Å². The number of nitrogens with zero attached hydrogens (tertiary/aromatic N) is 4. The molecule has 3 amide bonds. The second-order valence-corrected chi connectivity index (χ2v) is 10.7. The molecule has 2 aliphatic rings. The number of hydrogen-bond acceptors (Lipinski definition) is 6. The average Bonchev–Trinajstić information content (AvgIpc) is 3.64. The summed E-state index contributed by atoms with van der Waals surface area (Å²) in [5, 5.41) is 5.21. The zero-order valence-corrected chi connectivity index (χ0v) is 23.5. The van der Waals surface area contributed by atoms with E-state index in [0.29, 0.717) is 19.6 Å². The highest BCUT2D eigenvalue weighted by Crippen LogP contribution is 2.30. The summed E-state index contributed by atoms with van der Waals surface area (Å²) in [5.41, 5.74) is -1.72. The van der Waals surface area contributed by atoms with Gasteiger partial charge >= 0.3 is 11.7 Å². The predicted molar refractivity (Wildman–Crippen MR) is 157 cm³/mol. The van der Waals surface area contributed by atoms with E-state index < -0.39 is 28.8 Å². The first-order valence-corrected chi connectivity index (χ1v) is 14.2. The van der Waals surface area contributed by atoms with Gasteiger partial charge in [0.25, 0.3) is 11.5 Å². The van der Waals surface area contributed by atoms with E-state index in [9.17, 15) is 23.6 Å². The molecule has 2 N–H and O–H groups in total. The van der Waals surface area contributed by atoms with E-state index in [2.05, 4.69) is 15.6 Å². The minimum atomic E-state index is -0.892. The molecule has 1 aliphatic heterocycles. The van der Waals surface area contributed by atoms with Crippen molar-refractivity contribution in [3.63, 3.8) is 0 Å². The zero-order valence-electron chi connectivity index (χ0n) is 23.5. The summed E-state index contributed by atoms with van der Waals surface area (Å²) in [4.78, 5) is 57.9. The summed E-state index contributed by atoms with van der Waals surface area (Å²) in [7, 11) is 0. The number of carbonyl (C=O) groups excluding carboxylic acids is 2. The summed E-state index contributed by atoms with van der Waals surface area (Å²) in [6, 6.07) is 11.2. The first-order chi connectivity index (χ1) is 21.2. The van der Waals surface area contributed by atoms with E-state index in [-0.39, 0.29) is 46.2 Å². The van der Waals surface area contributed by atoms with Crippen LogP contribution >= 0.6 is 0 Å². The fourth-order valence-electron chi connectivity index (χ4n) is 4.92. The summed E-state index contributed by atoms with van der Waals surface area (Å²) in [6.45, 7) is 1.66. The first-order valence-electron chi connectivity index (χ1n) is 14.2. The van der Waals surface area contributed by atoms with Crippen molar-refractivity contribution < 1.29 is 23.1 Å². The number of carbonyl (C=O) groups is 2. The molecule has 0 unspecified atom stereocenters. The summed E-state index contributed by atoms with van der Waals surface area (Å²) in [6.07, 6.45) is 6.36. The van der Waals surface area contributed by atoms with Gasteiger partial charge in [-0.2, -0.15) is 0 Å². The quantitative estimate of drug-likeness (QED) is 0.300. The number of nitrogens with one attached hydrogen (secondary N) is 2. The Morgan fingerprint density at radius 1 is 0.955 bits per heavy atom. The van der Waals surface area contributed by atoms with Crippen LogP contribution in [-0.2, 0) is 6.54 Å². The van der Waals surface area contributed by atoms with Crippen LogP contribution in [0.5, 0.6) is 11.5 Å². The van der Waals surface area contributed by atoms with Gasteiger partial charge in [0.05, 0.1) is 5.69 Å². The monoisotopic (exact) mass is 602 g/mol. The van der Waals surface area contributed by atoms with Gasteiger partial charge in [-0.1, -0.05) is 0 Å². The van der Waals surface area contributed by atoms with Crippen molar-refractivity contribution in [3.8, 4) is 17.2 Å². The van der Waals surface area contributed by atoms with Gasteiger partial charge in [-0.15, -0.1) is 0 Å². The highest BCUT2D eigenvalue weighted by Gasteiger charge is 2.25. The number of urea groups is 1.